The molecule has 0 unspecified atom stereocenters. The first kappa shape index (κ1) is 16.8. The molecule has 0 spiro atoms. The Morgan fingerprint density at radius 2 is 1.60 bits per heavy atom. The molecular formula is C20H17NO3S. The van der Waals surface area contributed by atoms with Gasteiger partial charge in [-0.1, -0.05) is 6.07 Å². The molecule has 0 fully saturated rings. The van der Waals surface area contributed by atoms with Gasteiger partial charge < -0.3 is 14.8 Å². The monoisotopic (exact) mass is 351 g/mol. The Bertz CT molecular complexity index is 838. The van der Waals surface area contributed by atoms with Crippen LogP contribution in [0.4, 0.5) is 5.69 Å². The van der Waals surface area contributed by atoms with Crippen molar-refractivity contribution in [2.75, 3.05) is 12.4 Å². The Kier molecular flexibility index (Phi) is 5.49. The van der Waals surface area contributed by atoms with E-state index in [9.17, 15) is 4.79 Å². The molecule has 4 nitrogen and oxygen atoms in total. The number of allylic oxidation sites excluding steroid dienone is 1. The maximum Gasteiger partial charge on any atom is 0.197 e. The molecule has 1 N–H and O–H groups in total. The average molecular weight is 351 g/mol. The summed E-state index contributed by atoms with van der Waals surface area (Å²) in [6, 6.07) is 18.6. The molecule has 2 aromatic carbocycles. The molecule has 3 rings (SSSR count). The molecular weight excluding hydrogens is 334 g/mol. The number of anilines is 1. The van der Waals surface area contributed by atoms with E-state index in [1.54, 1.807) is 13.3 Å². The summed E-state index contributed by atoms with van der Waals surface area (Å²) in [5.41, 5.74) is 0.873. The van der Waals surface area contributed by atoms with Crippen molar-refractivity contribution < 1.29 is 14.3 Å². The molecule has 0 bridgehead atoms. The van der Waals surface area contributed by atoms with Gasteiger partial charge in [-0.05, 0) is 60.0 Å². The summed E-state index contributed by atoms with van der Waals surface area (Å²) in [5, 5.41) is 4.96. The number of ether oxygens (including phenoxy) is 2. The van der Waals surface area contributed by atoms with Crippen molar-refractivity contribution in [3.8, 4) is 17.2 Å². The van der Waals surface area contributed by atoms with Crippen molar-refractivity contribution >= 4 is 22.8 Å². The smallest absolute Gasteiger partial charge is 0.197 e. The summed E-state index contributed by atoms with van der Waals surface area (Å²) < 4.78 is 10.9. The fraction of sp³-hybridized carbons (Fsp3) is 0.0500. The number of methoxy groups -OCH3 is 1. The van der Waals surface area contributed by atoms with Crippen LogP contribution in [0.3, 0.4) is 0 Å². The molecule has 1 aromatic heterocycles. The maximum atomic E-state index is 11.9. The number of hydrogen-bond donors (Lipinski definition) is 1. The maximum absolute atomic E-state index is 11.9. The van der Waals surface area contributed by atoms with Crippen LogP contribution in [0, 0.1) is 0 Å². The molecule has 0 amide bonds. The number of hydrogen-bond acceptors (Lipinski definition) is 5. The van der Waals surface area contributed by atoms with Crippen molar-refractivity contribution in [3.63, 3.8) is 0 Å². The van der Waals surface area contributed by atoms with Crippen LogP contribution in [0.2, 0.25) is 0 Å². The minimum Gasteiger partial charge on any atom is -0.497 e. The number of rotatable bonds is 7. The Labute approximate surface area is 150 Å². The van der Waals surface area contributed by atoms with Gasteiger partial charge in [0.05, 0.1) is 12.0 Å². The van der Waals surface area contributed by atoms with Crippen LogP contribution in [-0.2, 0) is 0 Å². The second-order valence-electron chi connectivity index (χ2n) is 5.12. The first-order valence-electron chi connectivity index (χ1n) is 7.67. The highest BCUT2D eigenvalue weighted by atomic mass is 32.1. The lowest BCUT2D eigenvalue weighted by Crippen LogP contribution is -1.93. The van der Waals surface area contributed by atoms with Gasteiger partial charge in [-0.3, -0.25) is 4.79 Å². The first-order chi connectivity index (χ1) is 12.2. The van der Waals surface area contributed by atoms with Gasteiger partial charge in [-0.2, -0.15) is 0 Å². The predicted molar refractivity (Wildman–Crippen MR) is 101 cm³/mol. The summed E-state index contributed by atoms with van der Waals surface area (Å²) in [6.45, 7) is 0. The van der Waals surface area contributed by atoms with Crippen molar-refractivity contribution in [1.82, 2.24) is 0 Å². The number of benzene rings is 2. The largest absolute Gasteiger partial charge is 0.497 e. The zero-order chi connectivity index (χ0) is 17.5. The Morgan fingerprint density at radius 1 is 0.960 bits per heavy atom. The Balaban J connectivity index is 1.55. The predicted octanol–water partition coefficient (Wildman–Crippen LogP) is 5.36. The number of carbonyl (C=O) groups excluding carboxylic acids is 1. The lowest BCUT2D eigenvalue weighted by molar-refractivity contribution is 0.105. The van der Waals surface area contributed by atoms with Crippen molar-refractivity contribution in [2.45, 2.75) is 0 Å². The van der Waals surface area contributed by atoms with E-state index in [0.717, 1.165) is 27.8 Å². The van der Waals surface area contributed by atoms with Gasteiger partial charge in [-0.25, -0.2) is 0 Å². The first-order valence-corrected chi connectivity index (χ1v) is 8.55. The van der Waals surface area contributed by atoms with E-state index in [2.05, 4.69) is 5.32 Å². The molecule has 5 heteroatoms. The average Bonchev–Trinajstić information content (AvgIpc) is 3.19. The molecule has 0 aliphatic carbocycles. The third-order valence-corrected chi connectivity index (χ3v) is 4.28. The number of carbonyl (C=O) groups is 1. The van der Waals surface area contributed by atoms with E-state index in [0.29, 0.717) is 0 Å². The highest BCUT2D eigenvalue weighted by Crippen LogP contribution is 2.25. The zero-order valence-electron chi connectivity index (χ0n) is 13.6. The topological polar surface area (TPSA) is 47.6 Å². The minimum atomic E-state index is -0.0121. The second-order valence-corrected chi connectivity index (χ2v) is 6.07. The van der Waals surface area contributed by atoms with Crippen molar-refractivity contribution in [1.29, 1.82) is 0 Å². The third kappa shape index (κ3) is 4.71. The van der Waals surface area contributed by atoms with Crippen LogP contribution >= 0.6 is 11.3 Å². The summed E-state index contributed by atoms with van der Waals surface area (Å²) >= 11 is 1.43. The SMILES string of the molecule is COc1ccc(Oc2ccc(N/C=C/C(=O)c3cccs3)cc2)cc1. The normalized spacial score (nSPS) is 10.6. The number of nitrogens with one attached hydrogen (secondary N) is 1. The summed E-state index contributed by atoms with van der Waals surface area (Å²) in [6.07, 6.45) is 3.16. The van der Waals surface area contributed by atoms with Crippen LogP contribution in [0.15, 0.2) is 78.3 Å². The molecule has 1 heterocycles. The van der Waals surface area contributed by atoms with Crippen molar-refractivity contribution in [3.05, 3.63) is 83.2 Å². The minimum absolute atomic E-state index is 0.0121. The van der Waals surface area contributed by atoms with Gasteiger partial charge in [0, 0.05) is 18.0 Å². The summed E-state index contributed by atoms with van der Waals surface area (Å²) in [4.78, 5) is 12.6. The van der Waals surface area contributed by atoms with E-state index >= 15 is 0 Å². The highest BCUT2D eigenvalue weighted by Gasteiger charge is 2.01. The highest BCUT2D eigenvalue weighted by molar-refractivity contribution is 7.12. The molecule has 0 aliphatic rings. The van der Waals surface area contributed by atoms with Crippen LogP contribution in [0.25, 0.3) is 0 Å². The molecule has 0 aliphatic heterocycles. The quantitative estimate of drug-likeness (QED) is 0.460. The number of thiophene rings is 1. The van der Waals surface area contributed by atoms with Crippen molar-refractivity contribution in [2.24, 2.45) is 0 Å². The van der Waals surface area contributed by atoms with Gasteiger partial charge in [0.2, 0.25) is 0 Å². The zero-order valence-corrected chi connectivity index (χ0v) is 14.5. The van der Waals surface area contributed by atoms with E-state index in [1.807, 2.05) is 66.0 Å². The Morgan fingerprint density at radius 3 is 2.20 bits per heavy atom. The standard InChI is InChI=1S/C20H17NO3S/c1-23-16-8-10-18(11-9-16)24-17-6-4-15(5-7-17)21-13-12-19(22)20-3-2-14-25-20/h2-14,21H,1H3/b13-12+. The fourth-order valence-corrected chi connectivity index (χ4v) is 2.76. The van der Waals surface area contributed by atoms with E-state index in [-0.39, 0.29) is 5.78 Å². The van der Waals surface area contributed by atoms with Gasteiger partial charge in [0.25, 0.3) is 0 Å². The van der Waals surface area contributed by atoms with Gasteiger partial charge in [-0.15, -0.1) is 11.3 Å². The summed E-state index contributed by atoms with van der Waals surface area (Å²) in [7, 11) is 1.63. The lowest BCUT2D eigenvalue weighted by Gasteiger charge is -2.07. The van der Waals surface area contributed by atoms with Crippen LogP contribution in [0.1, 0.15) is 9.67 Å². The van der Waals surface area contributed by atoms with E-state index < -0.39 is 0 Å². The molecule has 0 atom stereocenters. The fourth-order valence-electron chi connectivity index (χ4n) is 2.11. The summed E-state index contributed by atoms with van der Waals surface area (Å²) in [5.74, 6) is 2.25. The third-order valence-electron chi connectivity index (χ3n) is 3.40. The van der Waals surface area contributed by atoms with Gasteiger partial charge in [0.1, 0.15) is 17.2 Å². The van der Waals surface area contributed by atoms with Gasteiger partial charge >= 0.3 is 0 Å². The number of ketones is 1. The van der Waals surface area contributed by atoms with Crippen LogP contribution < -0.4 is 14.8 Å². The molecule has 0 radical (unpaired) electrons. The van der Waals surface area contributed by atoms with Crippen LogP contribution in [-0.4, -0.2) is 12.9 Å². The molecule has 25 heavy (non-hydrogen) atoms. The second kappa shape index (κ2) is 8.17. The van der Waals surface area contributed by atoms with E-state index in [4.69, 9.17) is 9.47 Å². The van der Waals surface area contributed by atoms with Gasteiger partial charge in [0.15, 0.2) is 5.78 Å². The van der Waals surface area contributed by atoms with E-state index in [1.165, 1.54) is 17.4 Å². The molecule has 126 valence electrons. The van der Waals surface area contributed by atoms with Crippen LogP contribution in [0.5, 0.6) is 17.2 Å². The molecule has 0 saturated heterocycles. The Hall–Kier alpha value is -3.05. The lowest BCUT2D eigenvalue weighted by atomic mass is 10.3. The molecule has 0 saturated carbocycles. The molecule has 3 aromatic rings.